The molecule has 0 N–H and O–H groups in total. The van der Waals surface area contributed by atoms with Gasteiger partial charge in [0.1, 0.15) is 0 Å². The van der Waals surface area contributed by atoms with Gasteiger partial charge in [-0.15, -0.1) is 0 Å². The third-order valence-corrected chi connectivity index (χ3v) is 1.74. The van der Waals surface area contributed by atoms with Crippen LogP contribution in [0.3, 0.4) is 0 Å². The van der Waals surface area contributed by atoms with Crippen molar-refractivity contribution in [3.63, 3.8) is 0 Å². The Balaban J connectivity index is 2.86. The molecule has 0 spiro atoms. The quantitative estimate of drug-likeness (QED) is 0.672. The lowest BCUT2D eigenvalue weighted by atomic mass is 10.3. The van der Waals surface area contributed by atoms with Crippen molar-refractivity contribution in [1.82, 2.24) is 9.97 Å². The summed E-state index contributed by atoms with van der Waals surface area (Å²) in [4.78, 5) is 19.5. The molecule has 0 bridgehead atoms. The molecule has 0 amide bonds. The zero-order valence-electron chi connectivity index (χ0n) is 8.87. The van der Waals surface area contributed by atoms with Crippen LogP contribution in [0.15, 0.2) is 6.20 Å². The van der Waals surface area contributed by atoms with Gasteiger partial charge in [0.25, 0.3) is 0 Å². The van der Waals surface area contributed by atoms with Gasteiger partial charge in [0.05, 0.1) is 23.7 Å². The SMILES string of the molecule is Cc1ncc(C(=O)OC(C)C)nc1C. The van der Waals surface area contributed by atoms with E-state index in [4.69, 9.17) is 4.74 Å². The van der Waals surface area contributed by atoms with Crippen molar-refractivity contribution < 1.29 is 9.53 Å². The zero-order chi connectivity index (χ0) is 10.7. The molecule has 1 aromatic rings. The maximum atomic E-state index is 11.4. The van der Waals surface area contributed by atoms with Gasteiger partial charge in [-0.3, -0.25) is 4.98 Å². The van der Waals surface area contributed by atoms with Gasteiger partial charge in [-0.2, -0.15) is 0 Å². The van der Waals surface area contributed by atoms with Crippen molar-refractivity contribution in [2.45, 2.75) is 33.8 Å². The number of nitrogens with zero attached hydrogens (tertiary/aromatic N) is 2. The number of aromatic nitrogens is 2. The predicted molar refractivity (Wildman–Crippen MR) is 52.1 cm³/mol. The molecule has 0 radical (unpaired) electrons. The van der Waals surface area contributed by atoms with E-state index in [0.29, 0.717) is 0 Å². The third-order valence-electron chi connectivity index (χ3n) is 1.74. The molecule has 0 unspecified atom stereocenters. The summed E-state index contributed by atoms with van der Waals surface area (Å²) in [7, 11) is 0. The minimum atomic E-state index is -0.421. The highest BCUT2D eigenvalue weighted by Crippen LogP contribution is 2.03. The largest absolute Gasteiger partial charge is 0.458 e. The van der Waals surface area contributed by atoms with E-state index in [1.165, 1.54) is 6.20 Å². The van der Waals surface area contributed by atoms with Crippen molar-refractivity contribution in [1.29, 1.82) is 0 Å². The number of ether oxygens (including phenoxy) is 1. The highest BCUT2D eigenvalue weighted by atomic mass is 16.5. The molecule has 0 aliphatic heterocycles. The van der Waals surface area contributed by atoms with E-state index in [1.54, 1.807) is 13.8 Å². The van der Waals surface area contributed by atoms with Gasteiger partial charge in [-0.05, 0) is 27.7 Å². The van der Waals surface area contributed by atoms with Crippen molar-refractivity contribution in [3.05, 3.63) is 23.3 Å². The first kappa shape index (κ1) is 10.6. The fourth-order valence-electron chi connectivity index (χ4n) is 0.915. The number of aryl methyl sites for hydroxylation is 2. The molecule has 0 aliphatic rings. The van der Waals surface area contributed by atoms with Crippen LogP contribution in [0.5, 0.6) is 0 Å². The molecular weight excluding hydrogens is 180 g/mol. The van der Waals surface area contributed by atoms with Gasteiger partial charge in [0.2, 0.25) is 0 Å². The number of carbonyl (C=O) groups is 1. The van der Waals surface area contributed by atoms with Gasteiger partial charge >= 0.3 is 5.97 Å². The van der Waals surface area contributed by atoms with Gasteiger partial charge in [-0.1, -0.05) is 0 Å². The summed E-state index contributed by atoms with van der Waals surface area (Å²) in [6.45, 7) is 7.26. The minimum absolute atomic E-state index is 0.133. The Morgan fingerprint density at radius 2 is 2.00 bits per heavy atom. The molecule has 0 fully saturated rings. The molecule has 1 heterocycles. The average molecular weight is 194 g/mol. The Labute approximate surface area is 83.3 Å². The van der Waals surface area contributed by atoms with Gasteiger partial charge in [-0.25, -0.2) is 9.78 Å². The second-order valence-electron chi connectivity index (χ2n) is 3.38. The molecule has 14 heavy (non-hydrogen) atoms. The van der Waals surface area contributed by atoms with Crippen molar-refractivity contribution in [3.8, 4) is 0 Å². The second-order valence-corrected chi connectivity index (χ2v) is 3.38. The molecule has 0 atom stereocenters. The fraction of sp³-hybridized carbons (Fsp3) is 0.500. The van der Waals surface area contributed by atoms with E-state index >= 15 is 0 Å². The first-order valence-corrected chi connectivity index (χ1v) is 4.52. The second kappa shape index (κ2) is 4.17. The smallest absolute Gasteiger partial charge is 0.358 e. The molecular formula is C10H14N2O2. The Morgan fingerprint density at radius 3 is 2.50 bits per heavy atom. The summed E-state index contributed by atoms with van der Waals surface area (Å²) in [6, 6.07) is 0. The van der Waals surface area contributed by atoms with Crippen LogP contribution in [0.4, 0.5) is 0 Å². The molecule has 4 heteroatoms. The first-order chi connectivity index (χ1) is 6.50. The van der Waals surface area contributed by atoms with E-state index in [0.717, 1.165) is 11.4 Å². The summed E-state index contributed by atoms with van der Waals surface area (Å²) >= 11 is 0. The van der Waals surface area contributed by atoms with E-state index in [-0.39, 0.29) is 11.8 Å². The van der Waals surface area contributed by atoms with Gasteiger partial charge in [0, 0.05) is 0 Å². The van der Waals surface area contributed by atoms with E-state index in [9.17, 15) is 4.79 Å². The average Bonchev–Trinajstić information content (AvgIpc) is 2.08. The summed E-state index contributed by atoms with van der Waals surface area (Å²) in [6.07, 6.45) is 1.30. The van der Waals surface area contributed by atoms with Gasteiger partial charge < -0.3 is 4.74 Å². The molecule has 1 rings (SSSR count). The Kier molecular flexibility index (Phi) is 3.17. The molecule has 1 aromatic heterocycles. The summed E-state index contributed by atoms with van der Waals surface area (Å²) < 4.78 is 4.99. The van der Waals surface area contributed by atoms with Crippen LogP contribution in [0.1, 0.15) is 35.7 Å². The number of carbonyl (C=O) groups excluding carboxylic acids is 1. The van der Waals surface area contributed by atoms with Crippen LogP contribution in [0.25, 0.3) is 0 Å². The van der Waals surface area contributed by atoms with Crippen molar-refractivity contribution in [2.24, 2.45) is 0 Å². The number of esters is 1. The standard InChI is InChI=1S/C10H14N2O2/c1-6(2)14-10(13)9-5-11-7(3)8(4)12-9/h5-6H,1-4H3. The number of hydrogen-bond acceptors (Lipinski definition) is 4. The van der Waals surface area contributed by atoms with Gasteiger partial charge in [0.15, 0.2) is 5.69 Å². The fourth-order valence-corrected chi connectivity index (χ4v) is 0.915. The van der Waals surface area contributed by atoms with Crippen LogP contribution in [0, 0.1) is 13.8 Å². The number of hydrogen-bond donors (Lipinski definition) is 0. The minimum Gasteiger partial charge on any atom is -0.458 e. The first-order valence-electron chi connectivity index (χ1n) is 4.52. The molecule has 0 aliphatic carbocycles. The van der Waals surface area contributed by atoms with Crippen LogP contribution < -0.4 is 0 Å². The van der Waals surface area contributed by atoms with Crippen LogP contribution in [0.2, 0.25) is 0 Å². The lowest BCUT2D eigenvalue weighted by Gasteiger charge is -2.07. The van der Waals surface area contributed by atoms with Crippen LogP contribution in [-0.4, -0.2) is 22.0 Å². The van der Waals surface area contributed by atoms with Crippen molar-refractivity contribution in [2.75, 3.05) is 0 Å². The topological polar surface area (TPSA) is 52.1 Å². The normalized spacial score (nSPS) is 10.4. The lowest BCUT2D eigenvalue weighted by molar-refractivity contribution is 0.0370. The molecule has 0 aromatic carbocycles. The van der Waals surface area contributed by atoms with E-state index < -0.39 is 5.97 Å². The summed E-state index contributed by atoms with van der Waals surface area (Å²) in [5.41, 5.74) is 1.84. The molecule has 0 saturated carbocycles. The monoisotopic (exact) mass is 194 g/mol. The van der Waals surface area contributed by atoms with Crippen LogP contribution in [-0.2, 0) is 4.74 Å². The molecule has 0 saturated heterocycles. The molecule has 76 valence electrons. The summed E-state index contributed by atoms with van der Waals surface area (Å²) in [5.74, 6) is -0.421. The number of rotatable bonds is 2. The zero-order valence-corrected chi connectivity index (χ0v) is 8.87. The summed E-state index contributed by atoms with van der Waals surface area (Å²) in [5, 5.41) is 0. The Morgan fingerprint density at radius 1 is 1.36 bits per heavy atom. The highest BCUT2D eigenvalue weighted by molar-refractivity contribution is 5.87. The highest BCUT2D eigenvalue weighted by Gasteiger charge is 2.11. The third kappa shape index (κ3) is 2.52. The maximum Gasteiger partial charge on any atom is 0.358 e. The maximum absolute atomic E-state index is 11.4. The van der Waals surface area contributed by atoms with Crippen molar-refractivity contribution >= 4 is 5.97 Å². The Hall–Kier alpha value is -1.45. The predicted octanol–water partition coefficient (Wildman–Crippen LogP) is 1.66. The molecule has 4 nitrogen and oxygen atoms in total. The Bertz CT molecular complexity index is 348. The van der Waals surface area contributed by atoms with Crippen LogP contribution >= 0.6 is 0 Å². The van der Waals surface area contributed by atoms with E-state index in [1.807, 2.05) is 13.8 Å². The lowest BCUT2D eigenvalue weighted by Crippen LogP contribution is -2.14. The van der Waals surface area contributed by atoms with E-state index in [2.05, 4.69) is 9.97 Å².